The molecule has 0 radical (unpaired) electrons. The molecule has 2 aliphatic heterocycles. The van der Waals surface area contributed by atoms with Gasteiger partial charge in [-0.3, -0.25) is 9.59 Å². The van der Waals surface area contributed by atoms with Gasteiger partial charge in [0.15, 0.2) is 5.60 Å². The van der Waals surface area contributed by atoms with Gasteiger partial charge in [-0.05, 0) is 49.6 Å². The van der Waals surface area contributed by atoms with Crippen molar-refractivity contribution in [2.75, 3.05) is 0 Å². The van der Waals surface area contributed by atoms with Crippen LogP contribution in [0.25, 0.3) is 22.3 Å². The molecule has 3 aromatic rings. The van der Waals surface area contributed by atoms with Crippen LogP contribution in [0.15, 0.2) is 29.1 Å². The van der Waals surface area contributed by atoms with E-state index in [4.69, 9.17) is 19.6 Å². The van der Waals surface area contributed by atoms with Crippen LogP contribution in [-0.2, 0) is 39.5 Å². The number of amides is 1. The Hall–Kier alpha value is -4.25. The molecule has 11 nitrogen and oxygen atoms in total. The molecule has 0 saturated carbocycles. The first-order valence-electron chi connectivity index (χ1n) is 11.9. The SMILES string of the molecule is CCc1c2c(nc3ccc(OC(=O)NC(C)C(=O)O)cc13)-c1cc3c(c(=O)n1C2)COC(=O)[C@]3(O)CC. The number of esters is 1. The molecule has 2 aromatic heterocycles. The Morgan fingerprint density at radius 3 is 2.68 bits per heavy atom. The minimum Gasteiger partial charge on any atom is -0.480 e. The van der Waals surface area contributed by atoms with E-state index >= 15 is 0 Å². The van der Waals surface area contributed by atoms with Crippen molar-refractivity contribution in [2.45, 2.75) is 58.4 Å². The predicted octanol–water partition coefficient (Wildman–Crippen LogP) is 2.20. The van der Waals surface area contributed by atoms with Gasteiger partial charge in [-0.25, -0.2) is 14.6 Å². The Balaban J connectivity index is 1.60. The number of pyridine rings is 2. The fourth-order valence-corrected chi connectivity index (χ4v) is 4.98. The molecule has 3 N–H and O–H groups in total. The summed E-state index contributed by atoms with van der Waals surface area (Å²) in [5.74, 6) is -1.75. The molecule has 192 valence electrons. The summed E-state index contributed by atoms with van der Waals surface area (Å²) in [6.07, 6.45) is -0.247. The second-order valence-corrected chi connectivity index (χ2v) is 9.15. The van der Waals surface area contributed by atoms with E-state index in [1.54, 1.807) is 35.8 Å². The molecule has 1 unspecified atom stereocenters. The minimum absolute atomic E-state index is 0.0571. The number of aliphatic hydroxyl groups is 1. The first-order valence-corrected chi connectivity index (χ1v) is 11.9. The molecule has 0 aliphatic carbocycles. The van der Waals surface area contributed by atoms with Gasteiger partial charge in [-0.1, -0.05) is 13.8 Å². The number of benzene rings is 1. The van der Waals surface area contributed by atoms with E-state index in [0.717, 1.165) is 16.5 Å². The number of hydrogen-bond donors (Lipinski definition) is 3. The highest BCUT2D eigenvalue weighted by Crippen LogP contribution is 2.40. The lowest BCUT2D eigenvalue weighted by Crippen LogP contribution is -2.44. The largest absolute Gasteiger partial charge is 0.480 e. The lowest BCUT2D eigenvalue weighted by atomic mass is 9.86. The number of aromatic nitrogens is 2. The molecule has 1 amide bonds. The quantitative estimate of drug-likeness (QED) is 0.345. The second kappa shape index (κ2) is 8.70. The Morgan fingerprint density at radius 1 is 1.24 bits per heavy atom. The Labute approximate surface area is 210 Å². The van der Waals surface area contributed by atoms with Gasteiger partial charge >= 0.3 is 18.0 Å². The summed E-state index contributed by atoms with van der Waals surface area (Å²) in [7, 11) is 0. The summed E-state index contributed by atoms with van der Waals surface area (Å²) < 4.78 is 12.0. The summed E-state index contributed by atoms with van der Waals surface area (Å²) in [4.78, 5) is 53.7. The van der Waals surface area contributed by atoms with Gasteiger partial charge in [0, 0.05) is 16.5 Å². The fraction of sp³-hybridized carbons (Fsp3) is 0.346. The van der Waals surface area contributed by atoms with Gasteiger partial charge < -0.3 is 29.6 Å². The maximum absolute atomic E-state index is 13.4. The Kier molecular flexibility index (Phi) is 5.75. The molecule has 11 heteroatoms. The molecule has 1 aromatic carbocycles. The number of ether oxygens (including phenoxy) is 2. The van der Waals surface area contributed by atoms with Crippen molar-refractivity contribution < 1.29 is 34.1 Å². The number of rotatable bonds is 5. The molecule has 0 bridgehead atoms. The summed E-state index contributed by atoms with van der Waals surface area (Å²) in [6.45, 7) is 4.99. The highest BCUT2D eigenvalue weighted by atomic mass is 16.6. The summed E-state index contributed by atoms with van der Waals surface area (Å²) in [5, 5.41) is 23.0. The van der Waals surface area contributed by atoms with Crippen LogP contribution >= 0.6 is 0 Å². The number of cyclic esters (lactones) is 1. The number of fused-ring (bicyclic) bond motifs is 5. The minimum atomic E-state index is -1.90. The third-order valence-corrected chi connectivity index (χ3v) is 7.05. The summed E-state index contributed by atoms with van der Waals surface area (Å²) >= 11 is 0. The number of carbonyl (C=O) groups is 3. The number of carboxylic acids is 1. The van der Waals surface area contributed by atoms with Crippen molar-refractivity contribution in [1.82, 2.24) is 14.9 Å². The molecule has 37 heavy (non-hydrogen) atoms. The van der Waals surface area contributed by atoms with Crippen LogP contribution in [0.4, 0.5) is 4.79 Å². The van der Waals surface area contributed by atoms with Gasteiger partial charge in [-0.2, -0.15) is 0 Å². The fourth-order valence-electron chi connectivity index (χ4n) is 4.98. The molecule has 2 aliphatic rings. The molecular formula is C26H25N3O8. The van der Waals surface area contributed by atoms with Crippen LogP contribution < -0.4 is 15.6 Å². The van der Waals surface area contributed by atoms with Crippen molar-refractivity contribution in [3.05, 3.63) is 56.9 Å². The van der Waals surface area contributed by atoms with Crippen LogP contribution in [0, 0.1) is 0 Å². The van der Waals surface area contributed by atoms with Gasteiger partial charge in [0.2, 0.25) is 0 Å². The highest BCUT2D eigenvalue weighted by molar-refractivity contribution is 5.90. The van der Waals surface area contributed by atoms with Gasteiger partial charge in [0.1, 0.15) is 18.4 Å². The van der Waals surface area contributed by atoms with E-state index in [1.165, 1.54) is 6.92 Å². The smallest absolute Gasteiger partial charge is 0.413 e. The number of carbonyl (C=O) groups excluding carboxylic acids is 2. The third-order valence-electron chi connectivity index (χ3n) is 7.05. The number of hydrogen-bond acceptors (Lipinski definition) is 8. The Morgan fingerprint density at radius 2 is 2.00 bits per heavy atom. The van der Waals surface area contributed by atoms with Crippen molar-refractivity contribution in [1.29, 1.82) is 0 Å². The molecule has 0 spiro atoms. The zero-order valence-corrected chi connectivity index (χ0v) is 20.5. The number of nitrogens with one attached hydrogen (secondary N) is 1. The molecule has 4 heterocycles. The maximum Gasteiger partial charge on any atom is 0.413 e. The molecule has 5 rings (SSSR count). The second-order valence-electron chi connectivity index (χ2n) is 9.15. The molecule has 0 saturated heterocycles. The van der Waals surface area contributed by atoms with Crippen LogP contribution in [-0.4, -0.2) is 43.8 Å². The van der Waals surface area contributed by atoms with Crippen molar-refractivity contribution in [3.63, 3.8) is 0 Å². The first kappa shape index (κ1) is 24.4. The zero-order valence-electron chi connectivity index (χ0n) is 20.5. The van der Waals surface area contributed by atoms with Crippen LogP contribution in [0.1, 0.15) is 49.4 Å². The standard InChI is InChI=1S/C26H25N3O8/c1-4-14-15-8-13(37-25(34)27-12(3)23(31)32)6-7-19(15)28-21-16(14)10-29-20(21)9-18-17(22(29)30)11-36-24(33)26(18,35)5-2/h6-9,12,35H,4-5,10-11H2,1-3H3,(H,27,34)(H,31,32)/t12?,26-/m0/s1. The maximum atomic E-state index is 13.4. The van der Waals surface area contributed by atoms with Crippen LogP contribution in [0.3, 0.4) is 0 Å². The normalized spacial score (nSPS) is 18.4. The predicted molar refractivity (Wildman–Crippen MR) is 130 cm³/mol. The lowest BCUT2D eigenvalue weighted by Gasteiger charge is -2.31. The molecule has 2 atom stereocenters. The number of carboxylic acid groups (broad SMARTS) is 1. The lowest BCUT2D eigenvalue weighted by molar-refractivity contribution is -0.172. The van der Waals surface area contributed by atoms with Gasteiger partial charge in [0.25, 0.3) is 5.56 Å². The van der Waals surface area contributed by atoms with E-state index in [-0.39, 0.29) is 42.0 Å². The summed E-state index contributed by atoms with van der Waals surface area (Å²) in [5.41, 5.74) is 1.69. The zero-order chi connectivity index (χ0) is 26.6. The van der Waals surface area contributed by atoms with Crippen molar-refractivity contribution >= 4 is 28.9 Å². The van der Waals surface area contributed by atoms with Gasteiger partial charge in [-0.15, -0.1) is 0 Å². The van der Waals surface area contributed by atoms with E-state index < -0.39 is 29.7 Å². The van der Waals surface area contributed by atoms with E-state index in [1.807, 2.05) is 6.92 Å². The number of nitrogens with zero attached hydrogens (tertiary/aromatic N) is 2. The third kappa shape index (κ3) is 3.73. The average molecular weight is 507 g/mol. The molecule has 0 fully saturated rings. The number of aliphatic carboxylic acids is 1. The van der Waals surface area contributed by atoms with E-state index in [2.05, 4.69) is 5.32 Å². The highest BCUT2D eigenvalue weighted by Gasteiger charge is 2.45. The monoisotopic (exact) mass is 507 g/mol. The average Bonchev–Trinajstić information content (AvgIpc) is 3.23. The number of aryl methyl sites for hydroxylation is 1. The van der Waals surface area contributed by atoms with Crippen LogP contribution in [0.2, 0.25) is 0 Å². The first-order chi connectivity index (χ1) is 17.6. The van der Waals surface area contributed by atoms with E-state index in [0.29, 0.717) is 23.3 Å². The van der Waals surface area contributed by atoms with E-state index in [9.17, 15) is 24.3 Å². The van der Waals surface area contributed by atoms with Crippen molar-refractivity contribution in [3.8, 4) is 17.1 Å². The van der Waals surface area contributed by atoms with Gasteiger partial charge in [0.05, 0.1) is 29.0 Å². The Bertz CT molecular complexity index is 1560. The van der Waals surface area contributed by atoms with Crippen molar-refractivity contribution in [2.24, 2.45) is 0 Å². The molecular weight excluding hydrogens is 482 g/mol. The topological polar surface area (TPSA) is 157 Å². The van der Waals surface area contributed by atoms with Crippen LogP contribution in [0.5, 0.6) is 5.75 Å². The summed E-state index contributed by atoms with van der Waals surface area (Å²) in [6, 6.07) is 5.43.